The molecule has 0 amide bonds. The molecule has 1 heterocycles. The van der Waals surface area contributed by atoms with Crippen LogP contribution in [0.3, 0.4) is 0 Å². The Morgan fingerprint density at radius 1 is 0.967 bits per heavy atom. The lowest BCUT2D eigenvalue weighted by molar-refractivity contribution is 0.105. The van der Waals surface area contributed by atoms with Crippen LogP contribution >= 0.6 is 0 Å². The fourth-order valence-corrected chi connectivity index (χ4v) is 3.10. The molecule has 4 rings (SSSR count). The first-order valence-electron chi connectivity index (χ1n) is 9.67. The number of rotatable bonds is 7. The molecule has 0 saturated heterocycles. The van der Waals surface area contributed by atoms with Crippen LogP contribution in [0, 0.1) is 0 Å². The first kappa shape index (κ1) is 19.5. The van der Waals surface area contributed by atoms with Crippen molar-refractivity contribution in [2.45, 2.75) is 6.92 Å². The van der Waals surface area contributed by atoms with E-state index in [0.29, 0.717) is 28.8 Å². The van der Waals surface area contributed by atoms with E-state index in [1.165, 1.54) is 0 Å². The highest BCUT2D eigenvalue weighted by Crippen LogP contribution is 2.27. The minimum atomic E-state index is -0.180. The van der Waals surface area contributed by atoms with Crippen molar-refractivity contribution in [3.63, 3.8) is 0 Å². The molecule has 0 aliphatic carbocycles. The number of para-hydroxylation sites is 2. The first-order chi connectivity index (χ1) is 14.7. The molecular formula is C25H21NO4. The number of nitrogens with zero attached hydrogens (tertiary/aromatic N) is 1. The Balaban J connectivity index is 1.77. The zero-order valence-electron chi connectivity index (χ0n) is 16.8. The van der Waals surface area contributed by atoms with Crippen LogP contribution in [-0.2, 0) is 0 Å². The van der Waals surface area contributed by atoms with Crippen molar-refractivity contribution >= 4 is 28.5 Å². The van der Waals surface area contributed by atoms with Gasteiger partial charge in [0.1, 0.15) is 17.0 Å². The summed E-state index contributed by atoms with van der Waals surface area (Å²) >= 11 is 0. The maximum absolute atomic E-state index is 13.4. The van der Waals surface area contributed by atoms with Gasteiger partial charge in [0.05, 0.1) is 19.3 Å². The smallest absolute Gasteiger partial charge is 0.231 e. The number of aromatic nitrogens is 1. The molecule has 30 heavy (non-hydrogen) atoms. The van der Waals surface area contributed by atoms with Crippen molar-refractivity contribution < 1.29 is 18.7 Å². The number of allylic oxidation sites excluding steroid dienone is 1. The molecule has 5 heteroatoms. The van der Waals surface area contributed by atoms with Crippen molar-refractivity contribution in [1.82, 2.24) is 4.98 Å². The molecular weight excluding hydrogens is 378 g/mol. The zero-order valence-corrected chi connectivity index (χ0v) is 16.8. The highest BCUT2D eigenvalue weighted by atomic mass is 16.5. The monoisotopic (exact) mass is 399 g/mol. The van der Waals surface area contributed by atoms with Gasteiger partial charge in [-0.15, -0.1) is 0 Å². The Morgan fingerprint density at radius 3 is 2.33 bits per heavy atom. The highest BCUT2D eigenvalue weighted by molar-refractivity contribution is 6.31. The summed E-state index contributed by atoms with van der Waals surface area (Å²) in [5, 5.41) is 0. The van der Waals surface area contributed by atoms with E-state index in [1.807, 2.05) is 55.5 Å². The van der Waals surface area contributed by atoms with Gasteiger partial charge in [0.15, 0.2) is 11.4 Å². The number of hydrogen-bond donors (Lipinski definition) is 0. The van der Waals surface area contributed by atoms with Crippen LogP contribution in [-0.4, -0.2) is 24.5 Å². The van der Waals surface area contributed by atoms with Crippen LogP contribution in [0.1, 0.15) is 28.7 Å². The van der Waals surface area contributed by atoms with Crippen LogP contribution in [0.5, 0.6) is 11.5 Å². The van der Waals surface area contributed by atoms with E-state index in [-0.39, 0.29) is 11.7 Å². The van der Waals surface area contributed by atoms with E-state index in [1.54, 1.807) is 37.5 Å². The molecule has 3 aromatic carbocycles. The largest absolute Gasteiger partial charge is 0.497 e. The van der Waals surface area contributed by atoms with E-state index in [4.69, 9.17) is 13.9 Å². The normalized spacial score (nSPS) is 11.5. The standard InChI is InChI=1S/C25H21NO4/c1-3-29-20-14-10-18(11-15-20)24(27)21(16-17-8-12-19(28-2)13-9-17)25-26-22-6-4-5-7-23(22)30-25/h4-16H,3H2,1-2H3/b21-16-. The van der Waals surface area contributed by atoms with Gasteiger partial charge in [-0.25, -0.2) is 4.98 Å². The van der Waals surface area contributed by atoms with Gasteiger partial charge in [-0.05, 0) is 67.1 Å². The third-order valence-corrected chi connectivity index (χ3v) is 4.62. The molecule has 0 unspecified atom stereocenters. The van der Waals surface area contributed by atoms with E-state index in [2.05, 4.69) is 4.98 Å². The van der Waals surface area contributed by atoms with Gasteiger partial charge < -0.3 is 13.9 Å². The van der Waals surface area contributed by atoms with Crippen LogP contribution in [0.25, 0.3) is 22.7 Å². The lowest BCUT2D eigenvalue weighted by Gasteiger charge is -2.07. The predicted octanol–water partition coefficient (Wildman–Crippen LogP) is 5.66. The van der Waals surface area contributed by atoms with E-state index in [0.717, 1.165) is 17.1 Å². The van der Waals surface area contributed by atoms with Crippen LogP contribution in [0.2, 0.25) is 0 Å². The molecule has 150 valence electrons. The van der Waals surface area contributed by atoms with Gasteiger partial charge >= 0.3 is 0 Å². The van der Waals surface area contributed by atoms with Crippen LogP contribution < -0.4 is 9.47 Å². The molecule has 0 atom stereocenters. The summed E-state index contributed by atoms with van der Waals surface area (Å²) in [6.07, 6.45) is 1.78. The lowest BCUT2D eigenvalue weighted by atomic mass is 10.0. The number of hydrogen-bond acceptors (Lipinski definition) is 5. The summed E-state index contributed by atoms with van der Waals surface area (Å²) < 4.78 is 16.6. The lowest BCUT2D eigenvalue weighted by Crippen LogP contribution is -2.03. The molecule has 1 aromatic heterocycles. The third kappa shape index (κ3) is 4.10. The van der Waals surface area contributed by atoms with Gasteiger partial charge in [-0.2, -0.15) is 0 Å². The number of carbonyl (C=O) groups is 1. The Morgan fingerprint density at radius 2 is 1.67 bits per heavy atom. The summed E-state index contributed by atoms with van der Waals surface area (Å²) in [7, 11) is 1.62. The Hall–Kier alpha value is -3.86. The maximum atomic E-state index is 13.4. The summed E-state index contributed by atoms with van der Waals surface area (Å²) in [5.74, 6) is 1.57. The molecule has 0 saturated carbocycles. The second kappa shape index (κ2) is 8.66. The molecule has 0 spiro atoms. The number of benzene rings is 3. The minimum absolute atomic E-state index is 0.180. The Labute approximate surface area is 174 Å². The SMILES string of the molecule is CCOc1ccc(C(=O)/C(=C/c2ccc(OC)cc2)c2nc3ccccc3o2)cc1. The zero-order chi connectivity index (χ0) is 20.9. The van der Waals surface area contributed by atoms with Gasteiger partial charge in [-0.3, -0.25) is 4.79 Å². The number of ketones is 1. The van der Waals surface area contributed by atoms with Crippen LogP contribution in [0.4, 0.5) is 0 Å². The van der Waals surface area contributed by atoms with E-state index in [9.17, 15) is 4.79 Å². The highest BCUT2D eigenvalue weighted by Gasteiger charge is 2.20. The van der Waals surface area contributed by atoms with Crippen molar-refractivity contribution in [2.24, 2.45) is 0 Å². The second-order valence-corrected chi connectivity index (χ2v) is 6.60. The van der Waals surface area contributed by atoms with Gasteiger partial charge in [0.2, 0.25) is 5.89 Å². The Bertz CT molecular complexity index is 1160. The topological polar surface area (TPSA) is 61.6 Å². The van der Waals surface area contributed by atoms with E-state index >= 15 is 0 Å². The average molecular weight is 399 g/mol. The van der Waals surface area contributed by atoms with Gasteiger partial charge in [-0.1, -0.05) is 24.3 Å². The predicted molar refractivity (Wildman–Crippen MR) is 117 cm³/mol. The summed E-state index contributed by atoms with van der Waals surface area (Å²) in [5.41, 5.74) is 3.08. The number of Topliss-reactive ketones (excluding diaryl/α,β-unsaturated/α-hetero) is 1. The molecule has 0 bridgehead atoms. The van der Waals surface area contributed by atoms with Crippen molar-refractivity contribution in [2.75, 3.05) is 13.7 Å². The third-order valence-electron chi connectivity index (χ3n) is 4.62. The average Bonchev–Trinajstić information content (AvgIpc) is 3.22. The van der Waals surface area contributed by atoms with Gasteiger partial charge in [0, 0.05) is 5.56 Å². The quantitative estimate of drug-likeness (QED) is 0.296. The summed E-state index contributed by atoms with van der Waals surface area (Å²) in [4.78, 5) is 17.9. The van der Waals surface area contributed by atoms with Gasteiger partial charge in [0.25, 0.3) is 0 Å². The number of ether oxygens (including phenoxy) is 2. The number of fused-ring (bicyclic) bond motifs is 1. The molecule has 0 radical (unpaired) electrons. The number of carbonyl (C=O) groups excluding carboxylic acids is 1. The summed E-state index contributed by atoms with van der Waals surface area (Å²) in [6, 6.07) is 22.0. The fraction of sp³-hybridized carbons (Fsp3) is 0.120. The molecule has 4 aromatic rings. The number of methoxy groups -OCH3 is 1. The minimum Gasteiger partial charge on any atom is -0.497 e. The van der Waals surface area contributed by atoms with Crippen molar-refractivity contribution in [3.8, 4) is 11.5 Å². The molecule has 0 N–H and O–H groups in total. The van der Waals surface area contributed by atoms with Crippen LogP contribution in [0.15, 0.2) is 77.2 Å². The van der Waals surface area contributed by atoms with Crippen molar-refractivity contribution in [1.29, 1.82) is 0 Å². The second-order valence-electron chi connectivity index (χ2n) is 6.60. The van der Waals surface area contributed by atoms with Crippen molar-refractivity contribution in [3.05, 3.63) is 89.8 Å². The Kier molecular flexibility index (Phi) is 5.61. The maximum Gasteiger partial charge on any atom is 0.231 e. The fourth-order valence-electron chi connectivity index (χ4n) is 3.10. The summed E-state index contributed by atoms with van der Waals surface area (Å²) in [6.45, 7) is 2.49. The van der Waals surface area contributed by atoms with E-state index < -0.39 is 0 Å². The molecule has 5 nitrogen and oxygen atoms in total. The first-order valence-corrected chi connectivity index (χ1v) is 9.67. The number of oxazole rings is 1. The molecule has 0 aliphatic heterocycles. The molecule has 0 fully saturated rings. The molecule has 0 aliphatic rings.